The molecule has 1 nitrogen and oxygen atoms in total. The Hall–Kier alpha value is -0.0400. The summed E-state index contributed by atoms with van der Waals surface area (Å²) in [6, 6.07) is 0. The quantitative estimate of drug-likeness (QED) is 0.689. The second kappa shape index (κ2) is 2.45. The first kappa shape index (κ1) is 9.04. The van der Waals surface area contributed by atoms with Gasteiger partial charge in [0.25, 0.3) is 0 Å². The summed E-state index contributed by atoms with van der Waals surface area (Å²) < 4.78 is 5.93. The van der Waals surface area contributed by atoms with E-state index in [2.05, 4.69) is 13.8 Å². The number of rotatable bonds is 3. The van der Waals surface area contributed by atoms with Gasteiger partial charge in [-0.05, 0) is 74.5 Å². The van der Waals surface area contributed by atoms with E-state index in [1.54, 1.807) is 12.8 Å². The number of fused-ring (bicyclic) bond motifs is 1. The highest BCUT2D eigenvalue weighted by Crippen LogP contribution is 2.83. The molecule has 4 fully saturated rings. The summed E-state index contributed by atoms with van der Waals surface area (Å²) in [5.74, 6) is 3.35. The maximum Gasteiger partial charge on any atom is 0.0526 e. The first-order valence-electron chi connectivity index (χ1n) is 6.75. The van der Waals surface area contributed by atoms with Gasteiger partial charge in [0.1, 0.15) is 0 Å². The highest BCUT2D eigenvalue weighted by atomic mass is 16.5. The van der Waals surface area contributed by atoms with E-state index in [1.165, 1.54) is 19.3 Å². The minimum atomic E-state index is 0.420. The summed E-state index contributed by atoms with van der Waals surface area (Å²) in [7, 11) is 0. The summed E-state index contributed by atoms with van der Waals surface area (Å²) in [6.45, 7) is 5.40. The van der Waals surface area contributed by atoms with E-state index >= 15 is 0 Å². The Bertz CT molecular complexity index is 306. The monoisotopic (exact) mass is 206 g/mol. The van der Waals surface area contributed by atoms with Gasteiger partial charge in [-0.15, -0.1) is 0 Å². The molecular weight excluding hydrogens is 184 g/mol. The lowest BCUT2D eigenvalue weighted by Crippen LogP contribution is -2.38. The van der Waals surface area contributed by atoms with E-state index < -0.39 is 0 Å². The molecule has 4 saturated carbocycles. The van der Waals surface area contributed by atoms with Crippen LogP contribution in [0.3, 0.4) is 0 Å². The SMILES string of the molecule is CC(C)OCC12CC3CC4(CC4C1)C3C2. The van der Waals surface area contributed by atoms with Crippen molar-refractivity contribution in [1.29, 1.82) is 0 Å². The fourth-order valence-electron chi connectivity index (χ4n) is 5.37. The Balaban J connectivity index is 1.54. The van der Waals surface area contributed by atoms with E-state index in [-0.39, 0.29) is 0 Å². The molecule has 84 valence electrons. The van der Waals surface area contributed by atoms with E-state index in [0.717, 1.165) is 29.8 Å². The average molecular weight is 206 g/mol. The lowest BCUT2D eigenvalue weighted by molar-refractivity contribution is -0.0155. The maximum absolute atomic E-state index is 5.93. The van der Waals surface area contributed by atoms with Gasteiger partial charge in [-0.25, -0.2) is 0 Å². The van der Waals surface area contributed by atoms with Gasteiger partial charge < -0.3 is 4.74 Å². The van der Waals surface area contributed by atoms with Gasteiger partial charge in [0.05, 0.1) is 12.7 Å². The van der Waals surface area contributed by atoms with Crippen LogP contribution in [0.15, 0.2) is 0 Å². The Labute approximate surface area is 92.6 Å². The van der Waals surface area contributed by atoms with E-state index in [1.807, 2.05) is 0 Å². The van der Waals surface area contributed by atoms with Crippen molar-refractivity contribution in [3.05, 3.63) is 0 Å². The van der Waals surface area contributed by atoms with Gasteiger partial charge in [0, 0.05) is 0 Å². The Kier molecular flexibility index (Phi) is 1.47. The molecule has 0 heterocycles. The molecule has 0 amide bonds. The molecule has 4 aliphatic rings. The van der Waals surface area contributed by atoms with Gasteiger partial charge in [-0.1, -0.05) is 0 Å². The lowest BCUT2D eigenvalue weighted by Gasteiger charge is -2.44. The third-order valence-electron chi connectivity index (χ3n) is 5.98. The Morgan fingerprint density at radius 3 is 2.80 bits per heavy atom. The van der Waals surface area contributed by atoms with Crippen LogP contribution in [-0.4, -0.2) is 12.7 Å². The van der Waals surface area contributed by atoms with Crippen LogP contribution in [-0.2, 0) is 4.74 Å². The minimum Gasteiger partial charge on any atom is -0.378 e. The van der Waals surface area contributed by atoms with E-state index in [4.69, 9.17) is 4.74 Å². The standard InChI is InChI=1S/C14H22O/c1-9(2)15-8-13-3-10-4-14(12(10)7-13)6-11(14)5-13/h9-12H,3-8H2,1-2H3. The third-order valence-corrected chi connectivity index (χ3v) is 5.98. The second-order valence-electron chi connectivity index (χ2n) is 7.18. The minimum absolute atomic E-state index is 0.420. The summed E-state index contributed by atoms with van der Waals surface area (Å²) in [5.41, 5.74) is 1.53. The molecule has 4 aliphatic carbocycles. The molecule has 5 unspecified atom stereocenters. The zero-order valence-electron chi connectivity index (χ0n) is 9.96. The predicted molar refractivity (Wildman–Crippen MR) is 59.5 cm³/mol. The summed E-state index contributed by atoms with van der Waals surface area (Å²) in [6.07, 6.45) is 8.11. The Morgan fingerprint density at radius 2 is 2.00 bits per heavy atom. The molecular formula is C14H22O. The van der Waals surface area contributed by atoms with Crippen LogP contribution in [0.5, 0.6) is 0 Å². The smallest absolute Gasteiger partial charge is 0.0526 e. The predicted octanol–water partition coefficient (Wildman–Crippen LogP) is 3.24. The molecule has 1 heteroatoms. The van der Waals surface area contributed by atoms with Crippen LogP contribution in [0.25, 0.3) is 0 Å². The van der Waals surface area contributed by atoms with Crippen LogP contribution in [0, 0.1) is 28.6 Å². The first-order valence-corrected chi connectivity index (χ1v) is 6.75. The second-order valence-corrected chi connectivity index (χ2v) is 7.18. The van der Waals surface area contributed by atoms with Crippen molar-refractivity contribution < 1.29 is 4.74 Å². The number of ether oxygens (including phenoxy) is 1. The first-order chi connectivity index (χ1) is 7.14. The molecule has 0 aliphatic heterocycles. The molecule has 2 bridgehead atoms. The molecule has 0 aromatic heterocycles. The summed E-state index contributed by atoms with van der Waals surface area (Å²) in [5, 5.41) is 0. The largest absolute Gasteiger partial charge is 0.378 e. The summed E-state index contributed by atoms with van der Waals surface area (Å²) >= 11 is 0. The van der Waals surface area contributed by atoms with Gasteiger partial charge >= 0.3 is 0 Å². The van der Waals surface area contributed by atoms with Crippen LogP contribution < -0.4 is 0 Å². The van der Waals surface area contributed by atoms with Crippen LogP contribution in [0.1, 0.15) is 46.0 Å². The molecule has 4 rings (SSSR count). The van der Waals surface area contributed by atoms with Crippen LogP contribution in [0.2, 0.25) is 0 Å². The molecule has 5 atom stereocenters. The topological polar surface area (TPSA) is 9.23 Å². The van der Waals surface area contributed by atoms with E-state index in [9.17, 15) is 0 Å². The molecule has 15 heavy (non-hydrogen) atoms. The maximum atomic E-state index is 5.93. The molecule has 0 aromatic carbocycles. The normalized spacial score (nSPS) is 59.0. The lowest BCUT2D eigenvalue weighted by atomic mass is 9.61. The van der Waals surface area contributed by atoms with Crippen molar-refractivity contribution >= 4 is 0 Å². The zero-order valence-corrected chi connectivity index (χ0v) is 9.96. The third kappa shape index (κ3) is 0.988. The highest BCUT2D eigenvalue weighted by Gasteiger charge is 2.76. The fraction of sp³-hybridized carbons (Fsp3) is 1.00. The number of hydrogen-bond acceptors (Lipinski definition) is 1. The van der Waals surface area contributed by atoms with Crippen LogP contribution >= 0.6 is 0 Å². The van der Waals surface area contributed by atoms with Crippen molar-refractivity contribution in [3.8, 4) is 0 Å². The number of hydrogen-bond donors (Lipinski definition) is 0. The molecule has 0 aromatic rings. The molecule has 0 radical (unpaired) electrons. The van der Waals surface area contributed by atoms with Crippen molar-refractivity contribution in [2.45, 2.75) is 52.1 Å². The van der Waals surface area contributed by atoms with Gasteiger partial charge in [-0.2, -0.15) is 0 Å². The molecule has 0 N–H and O–H groups in total. The van der Waals surface area contributed by atoms with Gasteiger partial charge in [0.2, 0.25) is 0 Å². The average Bonchev–Trinajstić information content (AvgIpc) is 2.81. The summed E-state index contributed by atoms with van der Waals surface area (Å²) in [4.78, 5) is 0. The van der Waals surface area contributed by atoms with Crippen molar-refractivity contribution in [2.75, 3.05) is 6.61 Å². The Morgan fingerprint density at radius 1 is 1.13 bits per heavy atom. The van der Waals surface area contributed by atoms with Crippen molar-refractivity contribution in [3.63, 3.8) is 0 Å². The van der Waals surface area contributed by atoms with Gasteiger partial charge in [-0.3, -0.25) is 0 Å². The van der Waals surface area contributed by atoms with Gasteiger partial charge in [0.15, 0.2) is 0 Å². The highest BCUT2D eigenvalue weighted by molar-refractivity contribution is 5.25. The molecule has 1 spiro atoms. The van der Waals surface area contributed by atoms with E-state index in [0.29, 0.717) is 11.5 Å². The van der Waals surface area contributed by atoms with Crippen molar-refractivity contribution in [2.24, 2.45) is 28.6 Å². The van der Waals surface area contributed by atoms with Crippen molar-refractivity contribution in [1.82, 2.24) is 0 Å². The van der Waals surface area contributed by atoms with Crippen LogP contribution in [0.4, 0.5) is 0 Å². The fourth-order valence-corrected chi connectivity index (χ4v) is 5.37. The molecule has 0 saturated heterocycles. The zero-order chi connectivity index (χ0) is 10.3.